The summed E-state index contributed by atoms with van der Waals surface area (Å²) in [4.78, 5) is 47.2. The summed E-state index contributed by atoms with van der Waals surface area (Å²) in [6, 6.07) is 14.1. The molecule has 1 amide bonds. The number of nitrogens with one attached hydrogen (secondary N) is 2. The van der Waals surface area contributed by atoms with Gasteiger partial charge in [-0.15, -0.1) is 0 Å². The van der Waals surface area contributed by atoms with Gasteiger partial charge in [-0.25, -0.2) is 4.98 Å². The summed E-state index contributed by atoms with van der Waals surface area (Å²) in [6.45, 7) is 7.47. The van der Waals surface area contributed by atoms with E-state index < -0.39 is 5.91 Å². The fourth-order valence-electron chi connectivity index (χ4n) is 4.53. The molecule has 0 unspecified atom stereocenters. The fraction of sp³-hybridized carbons (Fsp3) is 0.333. The van der Waals surface area contributed by atoms with Crippen LogP contribution in [0.4, 0.5) is 0 Å². The van der Waals surface area contributed by atoms with E-state index in [2.05, 4.69) is 34.0 Å². The van der Waals surface area contributed by atoms with Gasteiger partial charge in [-0.05, 0) is 72.6 Å². The van der Waals surface area contributed by atoms with E-state index in [1.807, 2.05) is 24.3 Å². The number of carbonyl (C=O) groups is 1. The third-order valence-corrected chi connectivity index (χ3v) is 6.85. The maximum atomic E-state index is 12.7. The SMILES string of the molecule is CC1(C)CCN(Cc2cc3cc(CNC(=O)c4cc(=O)n5ccccc5n4)ccc3[nH]c2=O)CC1. The number of H-pyrrole nitrogens is 1. The second-order valence-electron chi connectivity index (χ2n) is 10.1. The lowest BCUT2D eigenvalue weighted by Crippen LogP contribution is -2.37. The number of benzene rings is 1. The Morgan fingerprint density at radius 2 is 1.89 bits per heavy atom. The van der Waals surface area contributed by atoms with E-state index >= 15 is 0 Å². The molecule has 0 saturated carbocycles. The monoisotopic (exact) mass is 471 g/mol. The average molecular weight is 472 g/mol. The third-order valence-electron chi connectivity index (χ3n) is 6.85. The van der Waals surface area contributed by atoms with Gasteiger partial charge >= 0.3 is 0 Å². The first kappa shape index (κ1) is 23.0. The molecule has 1 saturated heterocycles. The lowest BCUT2D eigenvalue weighted by atomic mass is 9.82. The van der Waals surface area contributed by atoms with Crippen LogP contribution in [0.1, 0.15) is 48.3 Å². The van der Waals surface area contributed by atoms with Crippen molar-refractivity contribution in [1.29, 1.82) is 0 Å². The minimum Gasteiger partial charge on any atom is -0.347 e. The predicted octanol–water partition coefficient (Wildman–Crippen LogP) is 3.09. The van der Waals surface area contributed by atoms with E-state index in [1.165, 1.54) is 10.5 Å². The smallest absolute Gasteiger partial charge is 0.270 e. The van der Waals surface area contributed by atoms with Crippen molar-refractivity contribution in [1.82, 2.24) is 24.6 Å². The van der Waals surface area contributed by atoms with Crippen molar-refractivity contribution in [3.8, 4) is 0 Å². The van der Waals surface area contributed by atoms with Gasteiger partial charge in [0.1, 0.15) is 11.3 Å². The lowest BCUT2D eigenvalue weighted by Gasteiger charge is -2.36. The molecule has 2 N–H and O–H groups in total. The average Bonchev–Trinajstić information content (AvgIpc) is 2.84. The molecule has 1 aromatic carbocycles. The zero-order chi connectivity index (χ0) is 24.6. The second kappa shape index (κ2) is 9.11. The van der Waals surface area contributed by atoms with Gasteiger partial charge in [0, 0.05) is 36.4 Å². The molecule has 0 bridgehead atoms. The van der Waals surface area contributed by atoms with Crippen molar-refractivity contribution in [2.75, 3.05) is 13.1 Å². The van der Waals surface area contributed by atoms with Gasteiger partial charge in [0.25, 0.3) is 17.0 Å². The largest absolute Gasteiger partial charge is 0.347 e. The minimum atomic E-state index is -0.413. The van der Waals surface area contributed by atoms with E-state index in [9.17, 15) is 14.4 Å². The van der Waals surface area contributed by atoms with Crippen molar-refractivity contribution in [2.24, 2.45) is 5.41 Å². The number of amides is 1. The van der Waals surface area contributed by atoms with Gasteiger partial charge in [0.15, 0.2) is 0 Å². The Labute approximate surface area is 202 Å². The number of piperidine rings is 1. The van der Waals surface area contributed by atoms with E-state index in [-0.39, 0.29) is 23.4 Å². The summed E-state index contributed by atoms with van der Waals surface area (Å²) < 4.78 is 1.39. The number of pyridine rings is 2. The third kappa shape index (κ3) is 5.02. The molecule has 4 heterocycles. The quantitative estimate of drug-likeness (QED) is 0.466. The van der Waals surface area contributed by atoms with Gasteiger partial charge in [-0.1, -0.05) is 26.0 Å². The molecule has 1 aliphatic rings. The zero-order valence-electron chi connectivity index (χ0n) is 20.0. The number of likely N-dealkylation sites (tertiary alicyclic amines) is 1. The Bertz CT molecular complexity index is 1530. The fourth-order valence-corrected chi connectivity index (χ4v) is 4.53. The molecule has 180 valence electrons. The summed E-state index contributed by atoms with van der Waals surface area (Å²) in [7, 11) is 0. The van der Waals surface area contributed by atoms with Crippen molar-refractivity contribution >= 4 is 22.5 Å². The number of fused-ring (bicyclic) bond motifs is 2. The van der Waals surface area contributed by atoms with Crippen molar-refractivity contribution in [3.63, 3.8) is 0 Å². The minimum absolute atomic E-state index is 0.0583. The summed E-state index contributed by atoms with van der Waals surface area (Å²) in [5.41, 5.74) is 2.90. The van der Waals surface area contributed by atoms with Crippen LogP contribution >= 0.6 is 0 Å². The molecular formula is C27H29N5O3. The first-order valence-corrected chi connectivity index (χ1v) is 11.9. The molecule has 0 atom stereocenters. The summed E-state index contributed by atoms with van der Waals surface area (Å²) in [5, 5.41) is 3.76. The normalized spacial score (nSPS) is 15.9. The predicted molar refractivity (Wildman–Crippen MR) is 135 cm³/mol. The second-order valence-corrected chi connectivity index (χ2v) is 10.1. The van der Waals surface area contributed by atoms with E-state index in [1.54, 1.807) is 24.4 Å². The molecule has 5 rings (SSSR count). The van der Waals surface area contributed by atoms with Crippen LogP contribution < -0.4 is 16.4 Å². The molecule has 1 fully saturated rings. The number of rotatable bonds is 5. The van der Waals surface area contributed by atoms with Gasteiger partial charge in [-0.3, -0.25) is 23.7 Å². The number of nitrogens with zero attached hydrogens (tertiary/aromatic N) is 3. The standard InChI is InChI=1S/C27H29N5O3/c1-27(2)8-11-31(12-9-27)17-20-14-19-13-18(6-7-21(19)30-25(20)34)16-28-26(35)22-15-24(33)32-10-4-3-5-23(32)29-22/h3-7,10,13-15H,8-9,11-12,16-17H2,1-2H3,(H,28,35)(H,30,34). The highest BCUT2D eigenvalue weighted by Crippen LogP contribution is 2.30. The summed E-state index contributed by atoms with van der Waals surface area (Å²) in [6.07, 6.45) is 3.87. The lowest BCUT2D eigenvalue weighted by molar-refractivity contribution is 0.0946. The van der Waals surface area contributed by atoms with Gasteiger partial charge in [0.2, 0.25) is 0 Å². The Balaban J connectivity index is 1.31. The number of aromatic amines is 1. The molecular weight excluding hydrogens is 442 g/mol. The van der Waals surface area contributed by atoms with E-state index in [0.717, 1.165) is 48.0 Å². The molecule has 1 aliphatic heterocycles. The highest BCUT2D eigenvalue weighted by molar-refractivity contribution is 5.92. The van der Waals surface area contributed by atoms with Crippen LogP contribution in [0, 0.1) is 5.41 Å². The highest BCUT2D eigenvalue weighted by Gasteiger charge is 2.25. The van der Waals surface area contributed by atoms with Crippen molar-refractivity contribution in [3.05, 3.63) is 92.3 Å². The number of hydrogen-bond acceptors (Lipinski definition) is 5. The Kier molecular flexibility index (Phi) is 5.98. The highest BCUT2D eigenvalue weighted by atomic mass is 16.2. The first-order chi connectivity index (χ1) is 16.8. The van der Waals surface area contributed by atoms with E-state index in [4.69, 9.17) is 0 Å². The van der Waals surface area contributed by atoms with Crippen LogP contribution in [0.25, 0.3) is 16.6 Å². The maximum Gasteiger partial charge on any atom is 0.270 e. The summed E-state index contributed by atoms with van der Waals surface area (Å²) in [5.74, 6) is -0.413. The van der Waals surface area contributed by atoms with Gasteiger partial charge in [-0.2, -0.15) is 0 Å². The van der Waals surface area contributed by atoms with Crippen LogP contribution in [-0.4, -0.2) is 38.3 Å². The Morgan fingerprint density at radius 1 is 1.09 bits per heavy atom. The maximum absolute atomic E-state index is 12.7. The van der Waals surface area contributed by atoms with Crippen LogP contribution in [-0.2, 0) is 13.1 Å². The Morgan fingerprint density at radius 3 is 2.69 bits per heavy atom. The topological polar surface area (TPSA) is 99.6 Å². The van der Waals surface area contributed by atoms with Crippen LogP contribution in [0.5, 0.6) is 0 Å². The van der Waals surface area contributed by atoms with Gasteiger partial charge in [0.05, 0.1) is 0 Å². The van der Waals surface area contributed by atoms with Crippen LogP contribution in [0.2, 0.25) is 0 Å². The molecule has 8 heteroatoms. The molecule has 8 nitrogen and oxygen atoms in total. The molecule has 0 spiro atoms. The van der Waals surface area contributed by atoms with Gasteiger partial charge < -0.3 is 10.3 Å². The number of aromatic nitrogens is 3. The van der Waals surface area contributed by atoms with Crippen molar-refractivity contribution < 1.29 is 4.79 Å². The van der Waals surface area contributed by atoms with Crippen molar-refractivity contribution in [2.45, 2.75) is 39.8 Å². The molecule has 35 heavy (non-hydrogen) atoms. The first-order valence-electron chi connectivity index (χ1n) is 11.9. The van der Waals surface area contributed by atoms with Crippen LogP contribution in [0.3, 0.4) is 0 Å². The molecule has 4 aromatic rings. The molecule has 0 aliphatic carbocycles. The number of carbonyl (C=O) groups excluding carboxylic acids is 1. The number of hydrogen-bond donors (Lipinski definition) is 2. The molecule has 3 aromatic heterocycles. The zero-order valence-corrected chi connectivity index (χ0v) is 20.0. The van der Waals surface area contributed by atoms with E-state index in [0.29, 0.717) is 17.6 Å². The Hall–Kier alpha value is -3.78. The summed E-state index contributed by atoms with van der Waals surface area (Å²) >= 11 is 0. The van der Waals surface area contributed by atoms with Crippen LogP contribution in [0.15, 0.2) is 64.3 Å². The molecule has 0 radical (unpaired) electrons.